The van der Waals surface area contributed by atoms with E-state index in [9.17, 15) is 9.59 Å². The number of nitrogens with two attached hydrogens (primary N) is 1. The van der Waals surface area contributed by atoms with Gasteiger partial charge in [-0.1, -0.05) is 11.6 Å². The Labute approximate surface area is 242 Å². The zero-order chi connectivity index (χ0) is 29.1. The van der Waals surface area contributed by atoms with Crippen molar-refractivity contribution >= 4 is 46.7 Å². The number of carbonyl (C=O) groups excluding carboxylic acids is 2. The molecule has 5 heterocycles. The van der Waals surface area contributed by atoms with Gasteiger partial charge in [0.1, 0.15) is 17.5 Å². The molecule has 0 radical (unpaired) electrons. The largest absolute Gasteiger partial charge is 0.496 e. The summed E-state index contributed by atoms with van der Waals surface area (Å²) in [7, 11) is 1.59. The average Bonchev–Trinajstić information content (AvgIpc) is 3.52. The molecule has 3 N–H and O–H groups in total. The molecule has 13 heteroatoms. The first-order chi connectivity index (χ1) is 19.8. The first-order valence-electron chi connectivity index (χ1n) is 13.2. The number of aromatic amines is 1. The van der Waals surface area contributed by atoms with E-state index in [0.717, 1.165) is 30.8 Å². The van der Waals surface area contributed by atoms with Crippen molar-refractivity contribution in [1.29, 1.82) is 0 Å². The number of rotatable bonds is 10. The summed E-state index contributed by atoms with van der Waals surface area (Å²) in [5.41, 5.74) is 9.84. The zero-order valence-corrected chi connectivity index (χ0v) is 24.0. The molecule has 0 saturated carbocycles. The van der Waals surface area contributed by atoms with E-state index in [1.54, 1.807) is 31.6 Å². The van der Waals surface area contributed by atoms with E-state index in [4.69, 9.17) is 31.5 Å². The Morgan fingerprint density at radius 1 is 1.27 bits per heavy atom. The molecule has 2 aliphatic heterocycles. The lowest BCUT2D eigenvalue weighted by Gasteiger charge is -2.26. The van der Waals surface area contributed by atoms with Crippen LogP contribution in [0, 0.1) is 13.8 Å². The number of nitrogens with zero attached hydrogens (tertiary/aromatic N) is 5. The molecule has 1 amide bonds. The van der Waals surface area contributed by atoms with Gasteiger partial charge in [-0.05, 0) is 26.0 Å². The molecular formula is C28H32ClN7O5. The third kappa shape index (κ3) is 6.10. The summed E-state index contributed by atoms with van der Waals surface area (Å²) in [5.74, 6) is 0.413. The molecule has 12 nitrogen and oxygen atoms in total. The number of aryl methyl sites for hydroxylation is 1. The maximum atomic E-state index is 13.7. The number of fused-ring (bicyclic) bond motifs is 1. The molecule has 2 aliphatic rings. The summed E-state index contributed by atoms with van der Waals surface area (Å²) in [6.45, 7) is 8.23. The normalized spacial score (nSPS) is 16.4. The number of anilines is 2. The fourth-order valence-electron chi connectivity index (χ4n) is 4.95. The minimum absolute atomic E-state index is 0.0426. The monoisotopic (exact) mass is 581 g/mol. The molecule has 0 spiro atoms. The molecule has 1 fully saturated rings. The quantitative estimate of drug-likeness (QED) is 0.158. The maximum Gasteiger partial charge on any atom is 0.260 e. The lowest BCUT2D eigenvalue weighted by Crippen LogP contribution is -2.38. The van der Waals surface area contributed by atoms with E-state index in [1.807, 2.05) is 13.8 Å². The molecule has 3 aromatic rings. The van der Waals surface area contributed by atoms with Crippen molar-refractivity contribution in [2.24, 2.45) is 0 Å². The summed E-state index contributed by atoms with van der Waals surface area (Å²) < 4.78 is 16.5. The number of aromatic nitrogens is 4. The van der Waals surface area contributed by atoms with E-state index in [-0.39, 0.29) is 47.3 Å². The minimum Gasteiger partial charge on any atom is -0.496 e. The summed E-state index contributed by atoms with van der Waals surface area (Å²) in [6.07, 6.45) is 4.91. The number of halogens is 1. The van der Waals surface area contributed by atoms with Gasteiger partial charge in [0, 0.05) is 54.4 Å². The molecule has 0 aliphatic carbocycles. The zero-order valence-electron chi connectivity index (χ0n) is 23.2. The Hall–Kier alpha value is -3.84. The number of pyridine rings is 1. The van der Waals surface area contributed by atoms with Gasteiger partial charge in [-0.15, -0.1) is 0 Å². The number of methoxy groups -OCH3 is 1. The van der Waals surface area contributed by atoms with Crippen LogP contribution >= 0.6 is 11.6 Å². The Morgan fingerprint density at radius 3 is 2.80 bits per heavy atom. The molecule has 5 rings (SSSR count). The Morgan fingerprint density at radius 2 is 2.05 bits per heavy atom. The van der Waals surface area contributed by atoms with Gasteiger partial charge in [-0.25, -0.2) is 4.98 Å². The minimum atomic E-state index is -0.350. The predicted molar refractivity (Wildman–Crippen MR) is 154 cm³/mol. The number of hydrogen-bond donors (Lipinski definition) is 2. The summed E-state index contributed by atoms with van der Waals surface area (Å²) in [5, 5.41) is 0.0530. The summed E-state index contributed by atoms with van der Waals surface area (Å²) in [6, 6.07) is 1.67. The Kier molecular flexibility index (Phi) is 8.64. The van der Waals surface area contributed by atoms with Crippen LogP contribution in [0.5, 0.6) is 5.75 Å². The molecule has 1 saturated heterocycles. The first-order valence-corrected chi connectivity index (χ1v) is 13.6. The number of ether oxygens (including phenoxy) is 3. The van der Waals surface area contributed by atoms with Gasteiger partial charge in [0.15, 0.2) is 11.6 Å². The van der Waals surface area contributed by atoms with E-state index in [2.05, 4.69) is 24.8 Å². The third-order valence-electron chi connectivity index (χ3n) is 7.14. The van der Waals surface area contributed by atoms with Crippen LogP contribution in [0.3, 0.4) is 0 Å². The summed E-state index contributed by atoms with van der Waals surface area (Å²) >= 11 is 6.47. The number of morpholine rings is 1. The first kappa shape index (κ1) is 28.7. The van der Waals surface area contributed by atoms with Crippen LogP contribution in [0.25, 0.3) is 11.6 Å². The van der Waals surface area contributed by atoms with E-state index < -0.39 is 0 Å². The third-order valence-corrected chi connectivity index (χ3v) is 7.41. The van der Waals surface area contributed by atoms with Gasteiger partial charge in [-0.3, -0.25) is 24.4 Å². The molecule has 0 aromatic carbocycles. The fraction of sp³-hybridized carbons (Fsp3) is 0.393. The average molecular weight is 582 g/mol. The number of carbonyl (C=O) groups is 2. The van der Waals surface area contributed by atoms with Crippen LogP contribution in [0.1, 0.15) is 38.4 Å². The van der Waals surface area contributed by atoms with Gasteiger partial charge in [-0.2, -0.15) is 4.98 Å². The van der Waals surface area contributed by atoms with Crippen molar-refractivity contribution < 1.29 is 23.8 Å². The molecule has 0 unspecified atom stereocenters. The van der Waals surface area contributed by atoms with Crippen LogP contribution in [-0.2, 0) is 20.8 Å². The van der Waals surface area contributed by atoms with E-state index in [1.165, 1.54) is 4.90 Å². The van der Waals surface area contributed by atoms with Gasteiger partial charge < -0.3 is 24.9 Å². The second-order valence-corrected chi connectivity index (χ2v) is 10.2. The number of nitrogens with one attached hydrogen (secondary N) is 1. The van der Waals surface area contributed by atoms with Crippen LogP contribution in [-0.4, -0.2) is 89.7 Å². The Balaban J connectivity index is 1.34. The molecule has 0 bridgehead atoms. The van der Waals surface area contributed by atoms with Crippen LogP contribution in [0.2, 0.25) is 5.15 Å². The molecule has 216 valence electrons. The van der Waals surface area contributed by atoms with Crippen molar-refractivity contribution in [3.05, 3.63) is 57.3 Å². The van der Waals surface area contributed by atoms with E-state index in [0.29, 0.717) is 48.1 Å². The highest BCUT2D eigenvalue weighted by molar-refractivity contribution is 6.41. The Bertz CT molecular complexity index is 1500. The number of nitrogen functional groups attached to an aromatic ring is 1. The summed E-state index contributed by atoms with van der Waals surface area (Å²) in [4.78, 5) is 46.1. The standard InChI is InChI=1S/C28H32ClN7O5/c1-16-12-32-21(17(2)24(16)39-3)14-36-26-23(25(29)33-28(30)34-26)20(27(36)38)11-19-10-18(13-31-19)22(37)15-41-9-6-35-4-7-40-8-5-35/h10-13,31H,4-9,14-15H2,1-3H3,(H2,30,33,34)/b20-11-. The molecular weight excluding hydrogens is 550 g/mol. The SMILES string of the molecule is COc1c(C)cnc(CN2C(=O)/C(=C\c3cc(C(=O)COCCN4CCOCC4)c[nH]3)c3c(Cl)nc(N)nc32)c1C. The maximum absolute atomic E-state index is 13.7. The smallest absolute Gasteiger partial charge is 0.260 e. The van der Waals surface area contributed by atoms with Gasteiger partial charge in [0.05, 0.1) is 50.3 Å². The van der Waals surface area contributed by atoms with Crippen LogP contribution in [0.15, 0.2) is 18.5 Å². The van der Waals surface area contributed by atoms with Crippen molar-refractivity contribution in [1.82, 2.24) is 24.8 Å². The van der Waals surface area contributed by atoms with Crippen molar-refractivity contribution in [3.8, 4) is 5.75 Å². The second kappa shape index (κ2) is 12.4. The number of amides is 1. The highest BCUT2D eigenvalue weighted by atomic mass is 35.5. The lowest BCUT2D eigenvalue weighted by atomic mass is 10.1. The van der Waals surface area contributed by atoms with Crippen molar-refractivity contribution in [2.45, 2.75) is 20.4 Å². The van der Waals surface area contributed by atoms with Crippen molar-refractivity contribution in [2.75, 3.05) is 63.8 Å². The van der Waals surface area contributed by atoms with Gasteiger partial charge >= 0.3 is 0 Å². The van der Waals surface area contributed by atoms with Crippen molar-refractivity contribution in [3.63, 3.8) is 0 Å². The second-order valence-electron chi connectivity index (χ2n) is 9.84. The highest BCUT2D eigenvalue weighted by Gasteiger charge is 2.37. The molecule has 0 atom stereocenters. The topological polar surface area (TPSA) is 149 Å². The highest BCUT2D eigenvalue weighted by Crippen LogP contribution is 2.41. The number of H-pyrrole nitrogens is 1. The lowest BCUT2D eigenvalue weighted by molar-refractivity contribution is -0.113. The number of ketones is 1. The van der Waals surface area contributed by atoms with Crippen LogP contribution < -0.4 is 15.4 Å². The molecule has 3 aromatic heterocycles. The predicted octanol–water partition coefficient (Wildman–Crippen LogP) is 2.68. The fourth-order valence-corrected chi connectivity index (χ4v) is 5.23. The van der Waals surface area contributed by atoms with E-state index >= 15 is 0 Å². The molecule has 41 heavy (non-hydrogen) atoms. The van der Waals surface area contributed by atoms with Gasteiger partial charge in [0.25, 0.3) is 5.91 Å². The number of hydrogen-bond acceptors (Lipinski definition) is 10. The van der Waals surface area contributed by atoms with Gasteiger partial charge in [0.2, 0.25) is 5.95 Å². The van der Waals surface area contributed by atoms with Crippen LogP contribution in [0.4, 0.5) is 11.8 Å². The number of Topliss-reactive ketones (excluding diaryl/α,β-unsaturated/α-hetero) is 1.